The number of aromatic nitrogens is 2. The van der Waals surface area contributed by atoms with Gasteiger partial charge >= 0.3 is 12.1 Å². The number of rotatable bonds is 9. The average Bonchev–Trinajstić information content (AvgIpc) is 3.68. The Labute approximate surface area is 248 Å². The maximum Gasteiger partial charge on any atom is 0.407 e. The van der Waals surface area contributed by atoms with Gasteiger partial charge in [-0.2, -0.15) is 0 Å². The van der Waals surface area contributed by atoms with Gasteiger partial charge in [0.25, 0.3) is 6.02 Å². The molecule has 1 amide bonds. The monoisotopic (exact) mass is 595 g/mol. The Kier molecular flexibility index (Phi) is 10.7. The number of esters is 1. The number of nitrogens with one attached hydrogen (secondary N) is 2. The van der Waals surface area contributed by atoms with E-state index in [0.717, 1.165) is 49.1 Å². The number of aliphatic imine (C=N–C) groups is 1. The molecule has 9 nitrogen and oxygen atoms in total. The van der Waals surface area contributed by atoms with E-state index < -0.39 is 12.1 Å². The normalized spacial score (nSPS) is 16.7. The van der Waals surface area contributed by atoms with Gasteiger partial charge in [-0.15, -0.1) is 22.7 Å². The third-order valence-electron chi connectivity index (χ3n) is 7.30. The predicted molar refractivity (Wildman–Crippen MR) is 161 cm³/mol. The molecule has 2 fully saturated rings. The van der Waals surface area contributed by atoms with Crippen molar-refractivity contribution in [2.75, 3.05) is 6.54 Å². The van der Waals surface area contributed by atoms with Crippen LogP contribution in [0.5, 0.6) is 0 Å². The number of hydrogen-bond donors (Lipinski definition) is 2. The highest BCUT2D eigenvalue weighted by Crippen LogP contribution is 2.26. The Bertz CT molecular complexity index is 1300. The van der Waals surface area contributed by atoms with Crippen LogP contribution in [-0.2, 0) is 22.5 Å². The fraction of sp³-hybridized carbons (Fsp3) is 0.500. The van der Waals surface area contributed by atoms with Gasteiger partial charge in [-0.1, -0.05) is 68.9 Å². The lowest BCUT2D eigenvalue weighted by molar-refractivity contribution is 0.0698. The summed E-state index contributed by atoms with van der Waals surface area (Å²) in [6, 6.07) is 10.4. The highest BCUT2D eigenvalue weighted by atomic mass is 32.1. The summed E-state index contributed by atoms with van der Waals surface area (Å²) in [7, 11) is 0. The van der Waals surface area contributed by atoms with Crippen molar-refractivity contribution in [2.24, 2.45) is 4.99 Å². The van der Waals surface area contributed by atoms with Gasteiger partial charge < -0.3 is 20.1 Å². The summed E-state index contributed by atoms with van der Waals surface area (Å²) in [6.07, 6.45) is 11.5. The number of thiazole rings is 2. The van der Waals surface area contributed by atoms with Crippen molar-refractivity contribution in [2.45, 2.75) is 89.3 Å². The van der Waals surface area contributed by atoms with E-state index in [1.165, 1.54) is 48.4 Å². The summed E-state index contributed by atoms with van der Waals surface area (Å²) in [5.74, 6) is -0.501. The number of amidine groups is 1. The van der Waals surface area contributed by atoms with Crippen LogP contribution in [0.2, 0.25) is 0 Å². The molecule has 2 N–H and O–H groups in total. The lowest BCUT2D eigenvalue weighted by Crippen LogP contribution is -2.39. The van der Waals surface area contributed by atoms with Crippen LogP contribution in [0.1, 0.15) is 85.3 Å². The summed E-state index contributed by atoms with van der Waals surface area (Å²) < 4.78 is 11.0. The van der Waals surface area contributed by atoms with Crippen LogP contribution in [0.3, 0.4) is 0 Å². The maximum atomic E-state index is 13.1. The second-order valence-corrected chi connectivity index (χ2v) is 12.3. The molecule has 3 aromatic rings. The molecule has 2 aliphatic carbocycles. The Balaban J connectivity index is 1.12. The standard InChI is InChI=1S/C30H37N5O4S2/c36-28(39-29(32-22-12-6-2-7-13-22)33-23-14-8-3-9-15-23)25-20-41-27(35-25)24-19-40-26(34-24)16-17-31-30(37)38-18-21-10-4-1-5-11-21/h1,4-5,10-11,19-20,22-23H,2-3,6-9,12-18H2,(H,31,37)(H,32,33). The predicted octanol–water partition coefficient (Wildman–Crippen LogP) is 6.50. The smallest absolute Gasteiger partial charge is 0.407 e. The SMILES string of the molecule is O=C(NCCc1nc(-c2nc(C(=O)OC(=NC3CCCCC3)NC3CCCCC3)cs2)cs1)OCc1ccccc1. The molecule has 0 unspecified atom stereocenters. The van der Waals surface area contributed by atoms with Gasteiger partial charge in [0.1, 0.15) is 17.3 Å². The molecule has 0 radical (unpaired) electrons. The third kappa shape index (κ3) is 9.09. The number of carbonyl (C=O) groups is 2. The summed E-state index contributed by atoms with van der Waals surface area (Å²) in [6.45, 7) is 0.639. The van der Waals surface area contributed by atoms with E-state index in [4.69, 9.17) is 14.5 Å². The Morgan fingerprint density at radius 2 is 1.68 bits per heavy atom. The summed E-state index contributed by atoms with van der Waals surface area (Å²) in [4.78, 5) is 39.0. The van der Waals surface area contributed by atoms with Crippen molar-refractivity contribution in [3.05, 3.63) is 57.4 Å². The summed E-state index contributed by atoms with van der Waals surface area (Å²) >= 11 is 2.85. The molecular weight excluding hydrogens is 558 g/mol. The number of amides is 1. The highest BCUT2D eigenvalue weighted by molar-refractivity contribution is 7.14. The lowest BCUT2D eigenvalue weighted by atomic mass is 9.95. The first-order chi connectivity index (χ1) is 20.1. The first-order valence-electron chi connectivity index (χ1n) is 14.5. The molecule has 0 atom stereocenters. The van der Waals surface area contributed by atoms with Gasteiger partial charge in [-0.25, -0.2) is 24.5 Å². The number of benzene rings is 1. The van der Waals surface area contributed by atoms with Crippen LogP contribution in [0.4, 0.5) is 4.79 Å². The zero-order valence-corrected chi connectivity index (χ0v) is 24.8. The van der Waals surface area contributed by atoms with Crippen molar-refractivity contribution < 1.29 is 19.1 Å². The van der Waals surface area contributed by atoms with Gasteiger partial charge in [0.2, 0.25) is 0 Å². The fourth-order valence-corrected chi connectivity index (χ4v) is 6.69. The van der Waals surface area contributed by atoms with Crippen LogP contribution in [0.25, 0.3) is 10.7 Å². The molecule has 2 heterocycles. The van der Waals surface area contributed by atoms with Crippen molar-refractivity contribution in [1.29, 1.82) is 0 Å². The van der Waals surface area contributed by atoms with Crippen molar-refractivity contribution in [3.8, 4) is 10.7 Å². The van der Waals surface area contributed by atoms with E-state index in [-0.39, 0.29) is 18.3 Å². The molecule has 0 bridgehead atoms. The van der Waals surface area contributed by atoms with Crippen LogP contribution in [0, 0.1) is 0 Å². The van der Waals surface area contributed by atoms with Gasteiger partial charge in [0, 0.05) is 29.8 Å². The quantitative estimate of drug-likeness (QED) is 0.165. The third-order valence-corrected chi connectivity index (χ3v) is 9.08. The first kappa shape index (κ1) is 29.2. The van der Waals surface area contributed by atoms with Crippen LogP contribution in [-0.4, -0.2) is 46.7 Å². The molecule has 2 saturated carbocycles. The lowest BCUT2D eigenvalue weighted by Gasteiger charge is -2.25. The topological polar surface area (TPSA) is 115 Å². The molecule has 11 heteroatoms. The minimum absolute atomic E-state index is 0.197. The van der Waals surface area contributed by atoms with Crippen molar-refractivity contribution in [3.63, 3.8) is 0 Å². The molecule has 0 saturated heterocycles. The van der Waals surface area contributed by atoms with Crippen molar-refractivity contribution >= 4 is 40.8 Å². The van der Waals surface area contributed by atoms with E-state index in [1.807, 2.05) is 35.7 Å². The highest BCUT2D eigenvalue weighted by Gasteiger charge is 2.23. The minimum atomic E-state index is -0.501. The number of ether oxygens (including phenoxy) is 2. The van der Waals surface area contributed by atoms with Crippen LogP contribution < -0.4 is 10.6 Å². The molecule has 0 aliphatic heterocycles. The van der Waals surface area contributed by atoms with E-state index in [1.54, 1.807) is 5.38 Å². The molecule has 218 valence electrons. The molecule has 2 aliphatic rings. The molecule has 0 spiro atoms. The van der Waals surface area contributed by atoms with Gasteiger partial charge in [0.15, 0.2) is 5.69 Å². The Hall–Kier alpha value is -3.31. The second kappa shape index (κ2) is 15.1. The van der Waals surface area contributed by atoms with Crippen LogP contribution in [0.15, 0.2) is 46.1 Å². The van der Waals surface area contributed by atoms with E-state index >= 15 is 0 Å². The number of carbonyl (C=O) groups excluding carboxylic acids is 2. The average molecular weight is 596 g/mol. The zero-order chi connectivity index (χ0) is 28.3. The Morgan fingerprint density at radius 1 is 0.927 bits per heavy atom. The summed E-state index contributed by atoms with van der Waals surface area (Å²) in [5.41, 5.74) is 1.90. The molecule has 2 aromatic heterocycles. The maximum absolute atomic E-state index is 13.1. The van der Waals surface area contributed by atoms with Gasteiger partial charge in [-0.05, 0) is 31.2 Å². The minimum Gasteiger partial charge on any atom is -0.445 e. The van der Waals surface area contributed by atoms with E-state index in [9.17, 15) is 9.59 Å². The van der Waals surface area contributed by atoms with Gasteiger partial charge in [0.05, 0.1) is 11.0 Å². The molecule has 1 aromatic carbocycles. The number of alkyl carbamates (subject to hydrolysis) is 1. The molecular formula is C30H37N5O4S2. The Morgan fingerprint density at radius 3 is 2.46 bits per heavy atom. The van der Waals surface area contributed by atoms with E-state index in [2.05, 4.69) is 20.6 Å². The zero-order valence-electron chi connectivity index (χ0n) is 23.2. The number of nitrogens with zero attached hydrogens (tertiary/aromatic N) is 3. The van der Waals surface area contributed by atoms with E-state index in [0.29, 0.717) is 35.7 Å². The number of hydrogen-bond acceptors (Lipinski definition) is 9. The second-order valence-electron chi connectivity index (χ2n) is 10.5. The first-order valence-corrected chi connectivity index (χ1v) is 16.3. The van der Waals surface area contributed by atoms with Gasteiger partial charge in [-0.3, -0.25) is 0 Å². The van der Waals surface area contributed by atoms with Crippen LogP contribution >= 0.6 is 22.7 Å². The molecule has 5 rings (SSSR count). The van der Waals surface area contributed by atoms with Crippen molar-refractivity contribution in [1.82, 2.24) is 20.6 Å². The fourth-order valence-electron chi connectivity index (χ4n) is 5.09. The summed E-state index contributed by atoms with van der Waals surface area (Å²) in [5, 5.41) is 11.3. The largest absolute Gasteiger partial charge is 0.445 e. The molecule has 41 heavy (non-hydrogen) atoms.